The van der Waals surface area contributed by atoms with Gasteiger partial charge in [-0.1, -0.05) is 37.5 Å². The molecule has 4 nitrogen and oxygen atoms in total. The van der Waals surface area contributed by atoms with Gasteiger partial charge in [0.15, 0.2) is 0 Å². The number of carbonyl (C=O) groups excluding carboxylic acids is 1. The van der Waals surface area contributed by atoms with Crippen molar-refractivity contribution in [3.05, 3.63) is 59.4 Å². The van der Waals surface area contributed by atoms with E-state index >= 15 is 0 Å². The van der Waals surface area contributed by atoms with E-state index in [2.05, 4.69) is 11.4 Å². The molecule has 1 N–H and O–H groups in total. The van der Waals surface area contributed by atoms with Gasteiger partial charge >= 0.3 is 0 Å². The molecule has 0 radical (unpaired) electrons. The third kappa shape index (κ3) is 3.80. The number of benzene rings is 2. The number of ether oxygens (including phenoxy) is 1. The predicted octanol–water partition coefficient (Wildman–Crippen LogP) is 4.94. The molecule has 3 rings (SSSR count). The monoisotopic (exact) mass is 366 g/mol. The van der Waals surface area contributed by atoms with Gasteiger partial charge in [0.05, 0.1) is 17.6 Å². The minimum Gasteiger partial charge on any atom is -0.492 e. The molecular weight excluding hydrogens is 343 g/mol. The van der Waals surface area contributed by atoms with Gasteiger partial charge in [0.2, 0.25) is 5.91 Å². The summed E-state index contributed by atoms with van der Waals surface area (Å²) in [6.45, 7) is 2.30. The number of carbonyl (C=O) groups is 1. The average Bonchev–Trinajstić information content (AvgIpc) is 2.70. The first-order valence-electron chi connectivity index (χ1n) is 9.34. The molecule has 140 valence electrons. The number of amides is 1. The number of nitrogens with one attached hydrogen (secondary N) is 1. The fourth-order valence-electron chi connectivity index (χ4n) is 3.85. The summed E-state index contributed by atoms with van der Waals surface area (Å²) in [5, 5.41) is 12.2. The molecule has 1 saturated carbocycles. The van der Waals surface area contributed by atoms with Crippen molar-refractivity contribution in [1.29, 1.82) is 5.26 Å². The molecule has 0 aromatic heterocycles. The Hall–Kier alpha value is -2.87. The largest absolute Gasteiger partial charge is 0.492 e. The zero-order valence-electron chi connectivity index (χ0n) is 15.4. The number of nitriles is 1. The quantitative estimate of drug-likeness (QED) is 0.815. The maximum Gasteiger partial charge on any atom is 0.235 e. The summed E-state index contributed by atoms with van der Waals surface area (Å²) >= 11 is 0. The Morgan fingerprint density at radius 1 is 1.22 bits per heavy atom. The Morgan fingerprint density at radius 2 is 1.96 bits per heavy atom. The van der Waals surface area contributed by atoms with Gasteiger partial charge in [-0.25, -0.2) is 4.39 Å². The number of nitrogens with zero attached hydrogens (tertiary/aromatic N) is 1. The summed E-state index contributed by atoms with van der Waals surface area (Å²) in [4.78, 5) is 13.3. The first-order chi connectivity index (χ1) is 13.1. The van der Waals surface area contributed by atoms with Gasteiger partial charge in [0, 0.05) is 11.3 Å². The van der Waals surface area contributed by atoms with Crippen LogP contribution < -0.4 is 10.1 Å². The van der Waals surface area contributed by atoms with Gasteiger partial charge in [-0.3, -0.25) is 4.79 Å². The Morgan fingerprint density at radius 3 is 2.63 bits per heavy atom. The minimum absolute atomic E-state index is 0.222. The molecular formula is C22H23FN2O2. The summed E-state index contributed by atoms with van der Waals surface area (Å²) in [5.74, 6) is -0.0845. The maximum atomic E-state index is 14.5. The highest BCUT2D eigenvalue weighted by Crippen LogP contribution is 2.41. The summed E-state index contributed by atoms with van der Waals surface area (Å²) in [6, 6.07) is 13.6. The molecule has 27 heavy (non-hydrogen) atoms. The molecule has 0 bridgehead atoms. The van der Waals surface area contributed by atoms with Crippen LogP contribution in [0.25, 0.3) is 0 Å². The van der Waals surface area contributed by atoms with Crippen LogP contribution in [0.4, 0.5) is 10.1 Å². The smallest absolute Gasteiger partial charge is 0.235 e. The molecule has 2 aromatic carbocycles. The van der Waals surface area contributed by atoms with E-state index in [-0.39, 0.29) is 11.7 Å². The van der Waals surface area contributed by atoms with E-state index in [1.54, 1.807) is 36.4 Å². The van der Waals surface area contributed by atoms with Gasteiger partial charge < -0.3 is 10.1 Å². The second-order valence-electron chi connectivity index (χ2n) is 6.83. The van der Waals surface area contributed by atoms with Crippen LogP contribution in [-0.2, 0) is 10.2 Å². The van der Waals surface area contributed by atoms with E-state index in [1.165, 1.54) is 6.07 Å². The van der Waals surface area contributed by atoms with Crippen molar-refractivity contribution in [1.82, 2.24) is 0 Å². The molecule has 0 aliphatic heterocycles. The van der Waals surface area contributed by atoms with Crippen LogP contribution in [0.15, 0.2) is 42.5 Å². The van der Waals surface area contributed by atoms with Crippen molar-refractivity contribution in [3.63, 3.8) is 0 Å². The highest BCUT2D eigenvalue weighted by Gasteiger charge is 2.42. The predicted molar refractivity (Wildman–Crippen MR) is 102 cm³/mol. The summed E-state index contributed by atoms with van der Waals surface area (Å²) in [7, 11) is 0. The van der Waals surface area contributed by atoms with E-state index < -0.39 is 5.41 Å². The van der Waals surface area contributed by atoms with E-state index in [9.17, 15) is 14.4 Å². The first-order valence-corrected chi connectivity index (χ1v) is 9.34. The Kier molecular flexibility index (Phi) is 5.75. The Labute approximate surface area is 159 Å². The van der Waals surface area contributed by atoms with Gasteiger partial charge in [0.25, 0.3) is 0 Å². The molecule has 0 unspecified atom stereocenters. The van der Waals surface area contributed by atoms with Crippen molar-refractivity contribution in [2.24, 2.45) is 0 Å². The van der Waals surface area contributed by atoms with Crippen molar-refractivity contribution in [2.75, 3.05) is 11.9 Å². The number of rotatable bonds is 5. The van der Waals surface area contributed by atoms with Gasteiger partial charge in [-0.15, -0.1) is 0 Å². The maximum absolute atomic E-state index is 14.5. The molecule has 1 fully saturated rings. The Bertz CT molecular complexity index is 867. The molecule has 0 spiro atoms. The summed E-state index contributed by atoms with van der Waals surface area (Å²) in [6.07, 6.45) is 4.04. The lowest BCUT2D eigenvalue weighted by Gasteiger charge is -2.36. The van der Waals surface area contributed by atoms with Crippen LogP contribution in [0.3, 0.4) is 0 Å². The Balaban J connectivity index is 1.92. The van der Waals surface area contributed by atoms with Crippen LogP contribution in [0.5, 0.6) is 5.75 Å². The molecule has 0 heterocycles. The first kappa shape index (κ1) is 18.9. The molecule has 5 heteroatoms. The van der Waals surface area contributed by atoms with Crippen molar-refractivity contribution in [3.8, 4) is 11.8 Å². The molecule has 1 amide bonds. The number of anilines is 1. The SMILES string of the molecule is CCOc1ccc(NC(=O)C2(c3ccccc3F)CCCCC2)cc1C#N. The van der Waals surface area contributed by atoms with Crippen LogP contribution in [0.2, 0.25) is 0 Å². The lowest BCUT2D eigenvalue weighted by molar-refractivity contribution is -0.122. The van der Waals surface area contributed by atoms with E-state index in [0.717, 1.165) is 19.3 Å². The average molecular weight is 366 g/mol. The standard InChI is InChI=1S/C22H23FN2O2/c1-2-27-20-11-10-17(14-16(20)15-24)25-21(26)22(12-6-3-7-13-22)18-8-4-5-9-19(18)23/h4-5,8-11,14H,2-3,6-7,12-13H2,1H3,(H,25,26). The number of hydrogen-bond acceptors (Lipinski definition) is 3. The van der Waals surface area contributed by atoms with Crippen LogP contribution in [0, 0.1) is 17.1 Å². The van der Waals surface area contributed by atoms with E-state index in [0.29, 0.717) is 42.0 Å². The fraction of sp³-hybridized carbons (Fsp3) is 0.364. The molecule has 0 saturated heterocycles. The van der Waals surface area contributed by atoms with Gasteiger partial charge in [-0.2, -0.15) is 5.26 Å². The highest BCUT2D eigenvalue weighted by molar-refractivity contribution is 5.99. The second kappa shape index (κ2) is 8.22. The van der Waals surface area contributed by atoms with Gasteiger partial charge in [0.1, 0.15) is 17.6 Å². The zero-order chi connectivity index (χ0) is 19.3. The topological polar surface area (TPSA) is 62.1 Å². The van der Waals surface area contributed by atoms with Crippen molar-refractivity contribution in [2.45, 2.75) is 44.4 Å². The highest BCUT2D eigenvalue weighted by atomic mass is 19.1. The van der Waals surface area contributed by atoms with Crippen LogP contribution in [0.1, 0.15) is 50.2 Å². The number of hydrogen-bond donors (Lipinski definition) is 1. The number of halogens is 1. The normalized spacial score (nSPS) is 15.6. The van der Waals surface area contributed by atoms with Crippen molar-refractivity contribution < 1.29 is 13.9 Å². The van der Waals surface area contributed by atoms with E-state index in [4.69, 9.17) is 4.74 Å². The van der Waals surface area contributed by atoms with Gasteiger partial charge in [-0.05, 0) is 44.0 Å². The van der Waals surface area contributed by atoms with Crippen LogP contribution >= 0.6 is 0 Å². The molecule has 1 aliphatic rings. The van der Waals surface area contributed by atoms with Crippen molar-refractivity contribution >= 4 is 11.6 Å². The zero-order valence-corrected chi connectivity index (χ0v) is 15.4. The lowest BCUT2D eigenvalue weighted by Crippen LogP contribution is -2.42. The second-order valence-corrected chi connectivity index (χ2v) is 6.83. The summed E-state index contributed by atoms with van der Waals surface area (Å²) < 4.78 is 20.0. The third-order valence-corrected chi connectivity index (χ3v) is 5.19. The minimum atomic E-state index is -0.880. The lowest BCUT2D eigenvalue weighted by atomic mass is 9.68. The fourth-order valence-corrected chi connectivity index (χ4v) is 3.85. The van der Waals surface area contributed by atoms with E-state index in [1.807, 2.05) is 6.92 Å². The summed E-state index contributed by atoms with van der Waals surface area (Å²) in [5.41, 5.74) is 0.447. The molecule has 1 aliphatic carbocycles. The molecule has 0 atom stereocenters. The third-order valence-electron chi connectivity index (χ3n) is 5.19. The molecule has 2 aromatic rings. The van der Waals surface area contributed by atoms with Crippen LogP contribution in [-0.4, -0.2) is 12.5 Å².